The van der Waals surface area contributed by atoms with Crippen molar-refractivity contribution in [3.63, 3.8) is 0 Å². The Morgan fingerprint density at radius 1 is 1.07 bits per heavy atom. The topological polar surface area (TPSA) is 23.6 Å². The number of amides is 1. The molecule has 0 aliphatic carbocycles. The normalized spacial score (nSPS) is 23.9. The predicted octanol–water partition coefficient (Wildman–Crippen LogP) is 4.09. The predicted molar refractivity (Wildman–Crippen MR) is 97.7 cm³/mol. The number of benzene rings is 1. The fraction of sp³-hybridized carbons (Fsp3) is 0.632. The molecule has 27 heavy (non-hydrogen) atoms. The number of hydrogen-bond acceptors (Lipinski definition) is 2. The zero-order valence-corrected chi connectivity index (χ0v) is 15.9. The molecule has 0 saturated carbocycles. The largest absolute Gasteiger partial charge is 0.416 e. The van der Waals surface area contributed by atoms with E-state index in [2.05, 4.69) is 4.90 Å². The maximum atomic E-state index is 13.4. The third kappa shape index (κ3) is 5.82. The molecule has 3 nitrogen and oxygen atoms in total. The van der Waals surface area contributed by atoms with Crippen molar-refractivity contribution in [2.24, 2.45) is 0 Å². The van der Waals surface area contributed by atoms with E-state index < -0.39 is 17.9 Å². The number of carbonyl (C=O) groups is 1. The number of piperidine rings is 1. The summed E-state index contributed by atoms with van der Waals surface area (Å²) in [6.07, 6.45) is -1.64. The van der Waals surface area contributed by atoms with Crippen LogP contribution in [0, 0.1) is 0 Å². The van der Waals surface area contributed by atoms with Crippen LogP contribution in [-0.2, 0) is 17.4 Å². The second-order valence-electron chi connectivity index (χ2n) is 7.25. The SMILES string of the molecule is Cl.O=C(Cc1ccc(C(F)(F)F)cc1)N1CCCCC1CN1CCC(F)C1. The Kier molecular flexibility index (Phi) is 7.51. The van der Waals surface area contributed by atoms with Crippen LogP contribution in [0.2, 0.25) is 0 Å². The molecular formula is C19H25ClF4N2O. The van der Waals surface area contributed by atoms with Crippen molar-refractivity contribution in [2.45, 2.75) is 50.5 Å². The molecule has 152 valence electrons. The standard InChI is InChI=1S/C19H24F4N2O.ClH/c20-16-8-10-24(12-16)13-17-3-1-2-9-25(17)18(26)11-14-4-6-15(7-5-14)19(21,22)23;/h4-7,16-17H,1-3,8-13H2;1H. The Bertz CT molecular complexity index is 623. The van der Waals surface area contributed by atoms with Crippen LogP contribution >= 0.6 is 12.4 Å². The summed E-state index contributed by atoms with van der Waals surface area (Å²) in [6.45, 7) is 2.49. The van der Waals surface area contributed by atoms with Crippen LogP contribution < -0.4 is 0 Å². The van der Waals surface area contributed by atoms with Gasteiger partial charge in [-0.25, -0.2) is 4.39 Å². The molecule has 2 aliphatic heterocycles. The number of hydrogen-bond donors (Lipinski definition) is 0. The summed E-state index contributed by atoms with van der Waals surface area (Å²) in [5.41, 5.74) is -0.128. The van der Waals surface area contributed by atoms with Gasteiger partial charge < -0.3 is 4.90 Å². The Balaban J connectivity index is 0.00000261. The number of halogens is 5. The summed E-state index contributed by atoms with van der Waals surface area (Å²) in [7, 11) is 0. The summed E-state index contributed by atoms with van der Waals surface area (Å²) in [4.78, 5) is 16.6. The number of rotatable bonds is 4. The van der Waals surface area contributed by atoms with Crippen molar-refractivity contribution in [1.82, 2.24) is 9.80 Å². The van der Waals surface area contributed by atoms with E-state index in [1.54, 1.807) is 0 Å². The highest BCUT2D eigenvalue weighted by Crippen LogP contribution is 2.29. The van der Waals surface area contributed by atoms with Crippen molar-refractivity contribution in [1.29, 1.82) is 0 Å². The van der Waals surface area contributed by atoms with Gasteiger partial charge in [-0.2, -0.15) is 13.2 Å². The molecule has 0 spiro atoms. The van der Waals surface area contributed by atoms with E-state index in [4.69, 9.17) is 0 Å². The van der Waals surface area contributed by atoms with Gasteiger partial charge in [-0.05, 0) is 43.4 Å². The third-order valence-corrected chi connectivity index (χ3v) is 5.27. The van der Waals surface area contributed by atoms with Crippen LogP contribution in [0.5, 0.6) is 0 Å². The second-order valence-corrected chi connectivity index (χ2v) is 7.25. The first kappa shape index (κ1) is 22.0. The van der Waals surface area contributed by atoms with E-state index in [0.29, 0.717) is 31.6 Å². The molecule has 3 rings (SSSR count). The average Bonchev–Trinajstić information content (AvgIpc) is 3.00. The Morgan fingerprint density at radius 3 is 2.37 bits per heavy atom. The van der Waals surface area contributed by atoms with Gasteiger partial charge in [0.25, 0.3) is 0 Å². The summed E-state index contributed by atoms with van der Waals surface area (Å²) < 4.78 is 51.3. The van der Waals surface area contributed by atoms with Crippen molar-refractivity contribution >= 4 is 18.3 Å². The van der Waals surface area contributed by atoms with Gasteiger partial charge in [0.1, 0.15) is 6.17 Å². The first-order valence-electron chi connectivity index (χ1n) is 9.15. The number of nitrogens with zero attached hydrogens (tertiary/aromatic N) is 2. The third-order valence-electron chi connectivity index (χ3n) is 5.27. The van der Waals surface area contributed by atoms with Crippen molar-refractivity contribution < 1.29 is 22.4 Å². The van der Waals surface area contributed by atoms with Gasteiger partial charge in [-0.15, -0.1) is 12.4 Å². The lowest BCUT2D eigenvalue weighted by Gasteiger charge is -2.38. The smallest absolute Gasteiger partial charge is 0.338 e. The Labute approximate surface area is 163 Å². The van der Waals surface area contributed by atoms with Crippen LogP contribution in [0.25, 0.3) is 0 Å². The maximum absolute atomic E-state index is 13.4. The van der Waals surface area contributed by atoms with Gasteiger partial charge in [0.2, 0.25) is 5.91 Å². The lowest BCUT2D eigenvalue weighted by molar-refractivity contribution is -0.137. The lowest BCUT2D eigenvalue weighted by Crippen LogP contribution is -2.49. The maximum Gasteiger partial charge on any atom is 0.416 e. The van der Waals surface area contributed by atoms with Crippen LogP contribution in [0.3, 0.4) is 0 Å². The minimum absolute atomic E-state index is 0. The van der Waals surface area contributed by atoms with Crippen LogP contribution in [0.4, 0.5) is 17.6 Å². The number of likely N-dealkylation sites (tertiary alicyclic amines) is 2. The van der Waals surface area contributed by atoms with Gasteiger partial charge in [0.05, 0.1) is 12.0 Å². The zero-order valence-electron chi connectivity index (χ0n) is 15.1. The molecular weight excluding hydrogens is 384 g/mol. The first-order valence-corrected chi connectivity index (χ1v) is 9.15. The first-order chi connectivity index (χ1) is 12.3. The van der Waals surface area contributed by atoms with E-state index in [9.17, 15) is 22.4 Å². The Morgan fingerprint density at radius 2 is 1.78 bits per heavy atom. The highest BCUT2D eigenvalue weighted by Gasteiger charge is 2.32. The van der Waals surface area contributed by atoms with Crippen LogP contribution in [0.1, 0.15) is 36.8 Å². The van der Waals surface area contributed by atoms with Crippen LogP contribution in [0.15, 0.2) is 24.3 Å². The lowest BCUT2D eigenvalue weighted by atomic mass is 10.00. The van der Waals surface area contributed by atoms with Gasteiger partial charge in [0.15, 0.2) is 0 Å². The molecule has 0 aromatic heterocycles. The monoisotopic (exact) mass is 408 g/mol. The summed E-state index contributed by atoms with van der Waals surface area (Å²) in [5.74, 6) is -0.0644. The number of alkyl halides is 4. The molecule has 2 unspecified atom stereocenters. The highest BCUT2D eigenvalue weighted by atomic mass is 35.5. The van der Waals surface area contributed by atoms with Crippen molar-refractivity contribution in [3.05, 3.63) is 35.4 Å². The molecule has 1 aromatic carbocycles. The van der Waals surface area contributed by atoms with Gasteiger partial charge in [-0.3, -0.25) is 9.69 Å². The quantitative estimate of drug-likeness (QED) is 0.700. The average molecular weight is 409 g/mol. The highest BCUT2D eigenvalue weighted by molar-refractivity contribution is 5.85. The fourth-order valence-corrected chi connectivity index (χ4v) is 3.86. The van der Waals surface area contributed by atoms with Crippen LogP contribution in [-0.4, -0.2) is 54.1 Å². The van der Waals surface area contributed by atoms with E-state index in [1.165, 1.54) is 12.1 Å². The molecule has 0 N–H and O–H groups in total. The molecule has 0 radical (unpaired) electrons. The molecule has 2 atom stereocenters. The molecule has 1 aromatic rings. The Hall–Kier alpha value is -1.34. The molecule has 0 bridgehead atoms. The van der Waals surface area contributed by atoms with Gasteiger partial charge in [0, 0.05) is 32.2 Å². The van der Waals surface area contributed by atoms with E-state index in [-0.39, 0.29) is 30.8 Å². The van der Waals surface area contributed by atoms with E-state index in [0.717, 1.165) is 37.9 Å². The van der Waals surface area contributed by atoms with E-state index in [1.807, 2.05) is 4.90 Å². The molecule has 8 heteroatoms. The molecule has 2 heterocycles. The molecule has 2 fully saturated rings. The number of carbonyl (C=O) groups excluding carboxylic acids is 1. The summed E-state index contributed by atoms with van der Waals surface area (Å²) in [6, 6.07) is 4.84. The fourth-order valence-electron chi connectivity index (χ4n) is 3.86. The summed E-state index contributed by atoms with van der Waals surface area (Å²) >= 11 is 0. The van der Waals surface area contributed by atoms with Crippen molar-refractivity contribution in [3.8, 4) is 0 Å². The molecule has 2 saturated heterocycles. The molecule has 1 amide bonds. The zero-order chi connectivity index (χ0) is 18.7. The second kappa shape index (κ2) is 9.24. The molecule has 2 aliphatic rings. The van der Waals surface area contributed by atoms with E-state index >= 15 is 0 Å². The minimum Gasteiger partial charge on any atom is -0.338 e. The van der Waals surface area contributed by atoms with Gasteiger partial charge in [-0.1, -0.05) is 12.1 Å². The summed E-state index contributed by atoms with van der Waals surface area (Å²) in [5, 5.41) is 0. The minimum atomic E-state index is -4.37. The van der Waals surface area contributed by atoms with Crippen molar-refractivity contribution in [2.75, 3.05) is 26.2 Å². The van der Waals surface area contributed by atoms with Gasteiger partial charge >= 0.3 is 6.18 Å².